The van der Waals surface area contributed by atoms with Gasteiger partial charge in [-0.2, -0.15) is 5.26 Å². The summed E-state index contributed by atoms with van der Waals surface area (Å²) in [6, 6.07) is 7.45. The molecule has 1 heterocycles. The predicted octanol–water partition coefficient (Wildman–Crippen LogP) is 3.47. The van der Waals surface area contributed by atoms with E-state index in [1.54, 1.807) is 18.3 Å². The molecule has 1 aromatic rings. The Kier molecular flexibility index (Phi) is 6.07. The van der Waals surface area contributed by atoms with E-state index in [9.17, 15) is 10.1 Å². The first-order valence-corrected chi connectivity index (χ1v) is 6.58. The Labute approximate surface area is 109 Å². The fourth-order valence-corrected chi connectivity index (χ4v) is 2.06. The molecule has 1 rings (SSSR count). The largest absolute Gasteiger partial charge is 0.297 e. The molecule has 0 radical (unpaired) electrons. The summed E-state index contributed by atoms with van der Waals surface area (Å²) in [7, 11) is 0. The highest BCUT2D eigenvalue weighted by Crippen LogP contribution is 2.23. The highest BCUT2D eigenvalue weighted by atomic mass is 16.1. The third kappa shape index (κ3) is 3.66. The van der Waals surface area contributed by atoms with Crippen LogP contribution in [0.3, 0.4) is 0 Å². The maximum Gasteiger partial charge on any atom is 0.159 e. The second-order valence-corrected chi connectivity index (χ2v) is 4.47. The van der Waals surface area contributed by atoms with Crippen molar-refractivity contribution in [3.8, 4) is 6.07 Å². The molecule has 0 aromatic carbocycles. The van der Waals surface area contributed by atoms with Crippen molar-refractivity contribution in [3.05, 3.63) is 30.1 Å². The minimum Gasteiger partial charge on any atom is -0.297 e. The molecule has 0 saturated heterocycles. The van der Waals surface area contributed by atoms with Crippen molar-refractivity contribution in [2.75, 3.05) is 0 Å². The van der Waals surface area contributed by atoms with Gasteiger partial charge in [-0.25, -0.2) is 0 Å². The monoisotopic (exact) mass is 244 g/mol. The summed E-state index contributed by atoms with van der Waals surface area (Å²) < 4.78 is 0. The van der Waals surface area contributed by atoms with Gasteiger partial charge in [0, 0.05) is 12.1 Å². The lowest BCUT2D eigenvalue weighted by molar-refractivity contribution is -0.123. The first kappa shape index (κ1) is 14.4. The second kappa shape index (κ2) is 7.60. The fraction of sp³-hybridized carbons (Fsp3) is 0.533. The number of nitrogens with zero attached hydrogens (tertiary/aromatic N) is 2. The summed E-state index contributed by atoms with van der Waals surface area (Å²) in [6.45, 7) is 4.11. The summed E-state index contributed by atoms with van der Waals surface area (Å²) in [6.07, 6.45) is 5.40. The van der Waals surface area contributed by atoms with Crippen LogP contribution in [0.1, 0.15) is 51.1 Å². The normalized spacial score (nSPS) is 13.6. The van der Waals surface area contributed by atoms with E-state index in [2.05, 4.69) is 18.0 Å². The van der Waals surface area contributed by atoms with Crippen LogP contribution in [0.4, 0.5) is 0 Å². The fourth-order valence-electron chi connectivity index (χ4n) is 2.06. The molecular weight excluding hydrogens is 224 g/mol. The lowest BCUT2D eigenvalue weighted by Crippen LogP contribution is -2.21. The van der Waals surface area contributed by atoms with E-state index in [1.807, 2.05) is 13.0 Å². The second-order valence-electron chi connectivity index (χ2n) is 4.47. The van der Waals surface area contributed by atoms with Crippen molar-refractivity contribution in [2.24, 2.45) is 5.92 Å². The van der Waals surface area contributed by atoms with Gasteiger partial charge in [0.15, 0.2) is 5.78 Å². The Balaban J connectivity index is 2.82. The zero-order valence-corrected chi connectivity index (χ0v) is 11.1. The van der Waals surface area contributed by atoms with Crippen molar-refractivity contribution in [3.63, 3.8) is 0 Å². The Bertz CT molecular complexity index is 408. The summed E-state index contributed by atoms with van der Waals surface area (Å²) in [5, 5.41) is 9.21. The van der Waals surface area contributed by atoms with Gasteiger partial charge in [0.25, 0.3) is 0 Å². The van der Waals surface area contributed by atoms with Gasteiger partial charge in [-0.15, -0.1) is 0 Å². The molecule has 2 unspecified atom stereocenters. The lowest BCUT2D eigenvalue weighted by Gasteiger charge is -2.16. The Morgan fingerprint density at radius 1 is 1.44 bits per heavy atom. The van der Waals surface area contributed by atoms with E-state index in [1.165, 1.54) is 0 Å². The quantitative estimate of drug-likeness (QED) is 0.738. The van der Waals surface area contributed by atoms with E-state index < -0.39 is 5.92 Å². The highest BCUT2D eigenvalue weighted by Gasteiger charge is 2.27. The number of hydrogen-bond donors (Lipinski definition) is 0. The molecule has 1 aromatic heterocycles. The van der Waals surface area contributed by atoms with E-state index >= 15 is 0 Å². The molecule has 0 fully saturated rings. The third-order valence-corrected chi connectivity index (χ3v) is 3.20. The van der Waals surface area contributed by atoms with Crippen LogP contribution in [0, 0.1) is 17.2 Å². The number of ketones is 1. The molecule has 0 N–H and O–H groups in total. The molecule has 3 heteroatoms. The van der Waals surface area contributed by atoms with Gasteiger partial charge in [-0.1, -0.05) is 32.8 Å². The molecule has 2 atom stereocenters. The molecule has 3 nitrogen and oxygen atoms in total. The molecule has 0 amide bonds. The number of aromatic nitrogens is 1. The molecular formula is C15H20N2O. The van der Waals surface area contributed by atoms with Crippen LogP contribution in [-0.4, -0.2) is 10.8 Å². The number of nitriles is 1. The third-order valence-electron chi connectivity index (χ3n) is 3.20. The maximum absolute atomic E-state index is 12.3. The average Bonchev–Trinajstić information content (AvgIpc) is 2.42. The van der Waals surface area contributed by atoms with Crippen LogP contribution in [0.5, 0.6) is 0 Å². The molecule has 96 valence electrons. The van der Waals surface area contributed by atoms with E-state index in [0.29, 0.717) is 5.69 Å². The minimum absolute atomic E-state index is 0.0170. The molecule has 0 aliphatic carbocycles. The zero-order chi connectivity index (χ0) is 13.4. The number of Topliss-reactive ketones (excluding diaryl/α,β-unsaturated/α-hetero) is 1. The first-order chi connectivity index (χ1) is 8.74. The van der Waals surface area contributed by atoms with Crippen molar-refractivity contribution < 1.29 is 4.79 Å². The number of unbranched alkanes of at least 4 members (excludes halogenated alkanes) is 1. The summed E-state index contributed by atoms with van der Waals surface area (Å²) >= 11 is 0. The van der Waals surface area contributed by atoms with Crippen LogP contribution < -0.4 is 0 Å². The van der Waals surface area contributed by atoms with Gasteiger partial charge < -0.3 is 0 Å². The van der Waals surface area contributed by atoms with E-state index in [-0.39, 0.29) is 11.7 Å². The van der Waals surface area contributed by atoms with Crippen molar-refractivity contribution in [1.29, 1.82) is 5.26 Å². The number of carbonyl (C=O) groups excluding carboxylic acids is 1. The van der Waals surface area contributed by atoms with Crippen LogP contribution in [0.2, 0.25) is 0 Å². The van der Waals surface area contributed by atoms with Crippen LogP contribution >= 0.6 is 0 Å². The zero-order valence-electron chi connectivity index (χ0n) is 11.1. The molecule has 0 aliphatic heterocycles. The first-order valence-electron chi connectivity index (χ1n) is 6.58. The predicted molar refractivity (Wildman–Crippen MR) is 70.9 cm³/mol. The van der Waals surface area contributed by atoms with E-state index in [4.69, 9.17) is 0 Å². The number of pyridine rings is 1. The summed E-state index contributed by atoms with van der Waals surface area (Å²) in [4.78, 5) is 16.5. The van der Waals surface area contributed by atoms with Gasteiger partial charge in [0.2, 0.25) is 0 Å². The van der Waals surface area contributed by atoms with Gasteiger partial charge >= 0.3 is 0 Å². The average molecular weight is 244 g/mol. The van der Waals surface area contributed by atoms with Crippen molar-refractivity contribution in [1.82, 2.24) is 4.98 Å². The summed E-state index contributed by atoms with van der Waals surface area (Å²) in [5.41, 5.74) is 0.569. The Hall–Kier alpha value is -1.69. The lowest BCUT2D eigenvalue weighted by atomic mass is 9.86. The molecule has 0 spiro atoms. The number of carbonyl (C=O) groups is 1. The Morgan fingerprint density at radius 2 is 2.22 bits per heavy atom. The number of rotatable bonds is 7. The van der Waals surface area contributed by atoms with Crippen molar-refractivity contribution in [2.45, 2.75) is 45.4 Å². The van der Waals surface area contributed by atoms with Gasteiger partial charge in [-0.05, 0) is 25.0 Å². The molecule has 0 bridgehead atoms. The summed E-state index contributed by atoms with van der Waals surface area (Å²) in [5.74, 6) is -0.711. The molecule has 0 aliphatic rings. The van der Waals surface area contributed by atoms with Crippen LogP contribution in [0.15, 0.2) is 24.4 Å². The van der Waals surface area contributed by atoms with Gasteiger partial charge in [0.1, 0.15) is 5.92 Å². The highest BCUT2D eigenvalue weighted by molar-refractivity contribution is 5.89. The van der Waals surface area contributed by atoms with Crippen LogP contribution in [-0.2, 0) is 4.79 Å². The van der Waals surface area contributed by atoms with Crippen LogP contribution in [0.25, 0.3) is 0 Å². The topological polar surface area (TPSA) is 53.8 Å². The number of hydrogen-bond acceptors (Lipinski definition) is 3. The van der Waals surface area contributed by atoms with Gasteiger partial charge in [-0.3, -0.25) is 9.78 Å². The maximum atomic E-state index is 12.3. The van der Waals surface area contributed by atoms with Gasteiger partial charge in [0.05, 0.1) is 11.8 Å². The standard InChI is InChI=1S/C15H20N2O/c1-3-5-8-12(4-2)15(18)13(11-16)14-9-6-7-10-17-14/h6-7,9-10,12-13H,3-5,8H2,1-2H3. The smallest absolute Gasteiger partial charge is 0.159 e. The van der Waals surface area contributed by atoms with E-state index in [0.717, 1.165) is 25.7 Å². The van der Waals surface area contributed by atoms with Crippen molar-refractivity contribution >= 4 is 5.78 Å². The SMILES string of the molecule is CCCCC(CC)C(=O)C(C#N)c1ccccn1. The molecule has 18 heavy (non-hydrogen) atoms. The minimum atomic E-state index is -0.715. The molecule has 0 saturated carbocycles. The Morgan fingerprint density at radius 3 is 2.72 bits per heavy atom.